The van der Waals surface area contributed by atoms with E-state index in [1.54, 1.807) is 12.4 Å². The quantitative estimate of drug-likeness (QED) is 0.795. The molecule has 0 radical (unpaired) electrons. The van der Waals surface area contributed by atoms with E-state index < -0.39 is 0 Å². The zero-order chi connectivity index (χ0) is 15.0. The maximum Gasteiger partial charge on any atom is 0.197 e. The number of rotatable bonds is 1. The Balaban J connectivity index is 2.47. The molecule has 20 heavy (non-hydrogen) atoms. The zero-order valence-corrected chi connectivity index (χ0v) is 13.1. The third kappa shape index (κ3) is 3.18. The Morgan fingerprint density at radius 1 is 0.650 bits per heavy atom. The van der Waals surface area contributed by atoms with Gasteiger partial charge in [0.1, 0.15) is 0 Å². The lowest BCUT2D eigenvalue weighted by Gasteiger charge is -2.19. The van der Waals surface area contributed by atoms with Crippen LogP contribution in [0.5, 0.6) is 0 Å². The summed E-state index contributed by atoms with van der Waals surface area (Å²) in [4.78, 5) is 17.8. The first-order valence-electron chi connectivity index (χ1n) is 6.85. The van der Waals surface area contributed by atoms with Crippen molar-refractivity contribution >= 4 is 0 Å². The molecule has 106 valence electrons. The van der Waals surface area contributed by atoms with Crippen molar-refractivity contribution in [1.82, 2.24) is 19.9 Å². The average Bonchev–Trinajstić information content (AvgIpc) is 2.37. The van der Waals surface area contributed by atoms with E-state index in [4.69, 9.17) is 0 Å². The van der Waals surface area contributed by atoms with Gasteiger partial charge in [0.2, 0.25) is 0 Å². The Morgan fingerprint density at radius 2 is 1.00 bits per heavy atom. The number of nitrogens with zero attached hydrogens (tertiary/aromatic N) is 4. The maximum absolute atomic E-state index is 4.60. The lowest BCUT2D eigenvalue weighted by atomic mass is 9.92. The molecule has 0 N–H and O–H groups in total. The molecule has 0 aliphatic carbocycles. The van der Waals surface area contributed by atoms with Gasteiger partial charge in [0.15, 0.2) is 11.6 Å². The van der Waals surface area contributed by atoms with Crippen molar-refractivity contribution in [1.29, 1.82) is 0 Å². The van der Waals surface area contributed by atoms with E-state index in [9.17, 15) is 0 Å². The molecule has 0 saturated heterocycles. The lowest BCUT2D eigenvalue weighted by molar-refractivity contribution is 0.563. The van der Waals surface area contributed by atoms with Crippen molar-refractivity contribution < 1.29 is 0 Å². The molecule has 0 fully saturated rings. The summed E-state index contributed by atoms with van der Waals surface area (Å²) in [5.41, 5.74) is 1.96. The molecule has 0 saturated carbocycles. The molecule has 0 spiro atoms. The second-order valence-corrected chi connectivity index (χ2v) is 7.03. The van der Waals surface area contributed by atoms with E-state index in [0.717, 1.165) is 11.4 Å². The topological polar surface area (TPSA) is 51.6 Å². The molecular weight excluding hydrogens is 248 g/mol. The van der Waals surface area contributed by atoms with Crippen LogP contribution in [-0.4, -0.2) is 19.9 Å². The SMILES string of the molecule is CC(C)(C)c1ccnc(-c2nccc(C(C)(C)C)n2)n1. The van der Waals surface area contributed by atoms with Gasteiger partial charge in [0.05, 0.1) is 0 Å². The summed E-state index contributed by atoms with van der Waals surface area (Å²) >= 11 is 0. The highest BCUT2D eigenvalue weighted by atomic mass is 15.0. The predicted molar refractivity (Wildman–Crippen MR) is 80.5 cm³/mol. The predicted octanol–water partition coefficient (Wildman–Crippen LogP) is 3.53. The van der Waals surface area contributed by atoms with Gasteiger partial charge in [-0.1, -0.05) is 41.5 Å². The second kappa shape index (κ2) is 4.93. The van der Waals surface area contributed by atoms with Crippen molar-refractivity contribution in [2.24, 2.45) is 0 Å². The molecule has 0 aliphatic rings. The van der Waals surface area contributed by atoms with Gasteiger partial charge in [0.25, 0.3) is 0 Å². The lowest BCUT2D eigenvalue weighted by Crippen LogP contribution is -2.16. The summed E-state index contributed by atoms with van der Waals surface area (Å²) in [7, 11) is 0. The molecular formula is C16H22N4. The summed E-state index contributed by atoms with van der Waals surface area (Å²) < 4.78 is 0. The Morgan fingerprint density at radius 3 is 1.30 bits per heavy atom. The van der Waals surface area contributed by atoms with Crippen LogP contribution in [0.1, 0.15) is 52.9 Å². The van der Waals surface area contributed by atoms with Crippen LogP contribution in [0.4, 0.5) is 0 Å². The van der Waals surface area contributed by atoms with Crippen LogP contribution in [0.15, 0.2) is 24.5 Å². The number of aromatic nitrogens is 4. The van der Waals surface area contributed by atoms with Gasteiger partial charge in [-0.05, 0) is 12.1 Å². The van der Waals surface area contributed by atoms with Crippen molar-refractivity contribution in [3.63, 3.8) is 0 Å². The smallest absolute Gasteiger partial charge is 0.197 e. The highest BCUT2D eigenvalue weighted by Crippen LogP contribution is 2.23. The highest BCUT2D eigenvalue weighted by Gasteiger charge is 2.19. The minimum absolute atomic E-state index is 0.0146. The number of hydrogen-bond donors (Lipinski definition) is 0. The van der Waals surface area contributed by atoms with Crippen LogP contribution in [0.3, 0.4) is 0 Å². The fraction of sp³-hybridized carbons (Fsp3) is 0.500. The van der Waals surface area contributed by atoms with Gasteiger partial charge in [-0.15, -0.1) is 0 Å². The van der Waals surface area contributed by atoms with Crippen molar-refractivity contribution in [3.8, 4) is 11.6 Å². The molecule has 0 aromatic carbocycles. The van der Waals surface area contributed by atoms with Gasteiger partial charge < -0.3 is 0 Å². The Kier molecular flexibility index (Phi) is 3.59. The molecule has 2 heterocycles. The van der Waals surface area contributed by atoms with Crippen molar-refractivity contribution in [2.75, 3.05) is 0 Å². The summed E-state index contributed by atoms with van der Waals surface area (Å²) in [6, 6.07) is 3.88. The van der Waals surface area contributed by atoms with E-state index in [1.165, 1.54) is 0 Å². The first-order chi connectivity index (χ1) is 9.18. The molecule has 0 amide bonds. The molecule has 0 atom stereocenters. The summed E-state index contributed by atoms with van der Waals surface area (Å²) in [6.07, 6.45) is 3.55. The Labute approximate surface area is 120 Å². The van der Waals surface area contributed by atoms with Gasteiger partial charge >= 0.3 is 0 Å². The first-order valence-corrected chi connectivity index (χ1v) is 6.85. The van der Waals surface area contributed by atoms with Gasteiger partial charge in [-0.25, -0.2) is 19.9 Å². The third-order valence-corrected chi connectivity index (χ3v) is 3.05. The standard InChI is InChI=1S/C16H22N4/c1-15(2,3)11-7-9-17-13(19-11)14-18-10-8-12(20-14)16(4,5)6/h7-10H,1-6H3. The monoisotopic (exact) mass is 270 g/mol. The van der Waals surface area contributed by atoms with E-state index in [-0.39, 0.29) is 10.8 Å². The van der Waals surface area contributed by atoms with Crippen LogP contribution in [0, 0.1) is 0 Å². The fourth-order valence-electron chi connectivity index (χ4n) is 1.77. The van der Waals surface area contributed by atoms with Gasteiger partial charge in [0, 0.05) is 34.6 Å². The summed E-state index contributed by atoms with van der Waals surface area (Å²) in [5.74, 6) is 1.17. The molecule has 2 rings (SSSR count). The molecule has 4 nitrogen and oxygen atoms in total. The number of hydrogen-bond acceptors (Lipinski definition) is 4. The second-order valence-electron chi connectivity index (χ2n) is 7.03. The largest absolute Gasteiger partial charge is 0.234 e. The zero-order valence-electron chi connectivity index (χ0n) is 13.1. The van der Waals surface area contributed by atoms with Crippen LogP contribution in [0.25, 0.3) is 11.6 Å². The maximum atomic E-state index is 4.60. The molecule has 2 aromatic rings. The average molecular weight is 270 g/mol. The molecule has 0 bridgehead atoms. The van der Waals surface area contributed by atoms with Gasteiger partial charge in [-0.3, -0.25) is 0 Å². The van der Waals surface area contributed by atoms with Crippen molar-refractivity contribution in [3.05, 3.63) is 35.9 Å². The van der Waals surface area contributed by atoms with Gasteiger partial charge in [-0.2, -0.15) is 0 Å². The van der Waals surface area contributed by atoms with Crippen LogP contribution in [0.2, 0.25) is 0 Å². The van der Waals surface area contributed by atoms with E-state index in [0.29, 0.717) is 11.6 Å². The normalized spacial score (nSPS) is 12.5. The van der Waals surface area contributed by atoms with E-state index in [2.05, 4.69) is 61.5 Å². The molecule has 4 heteroatoms. The fourth-order valence-corrected chi connectivity index (χ4v) is 1.77. The summed E-state index contributed by atoms with van der Waals surface area (Å²) in [6.45, 7) is 12.8. The molecule has 0 unspecified atom stereocenters. The van der Waals surface area contributed by atoms with Crippen LogP contribution >= 0.6 is 0 Å². The Hall–Kier alpha value is -1.84. The van der Waals surface area contributed by atoms with Crippen LogP contribution in [-0.2, 0) is 10.8 Å². The molecule has 2 aromatic heterocycles. The van der Waals surface area contributed by atoms with Crippen LogP contribution < -0.4 is 0 Å². The first kappa shape index (κ1) is 14.6. The van der Waals surface area contributed by atoms with E-state index in [1.807, 2.05) is 12.1 Å². The summed E-state index contributed by atoms with van der Waals surface area (Å²) in [5, 5.41) is 0. The van der Waals surface area contributed by atoms with Crippen molar-refractivity contribution in [2.45, 2.75) is 52.4 Å². The Bertz CT molecular complexity index is 551. The minimum Gasteiger partial charge on any atom is -0.234 e. The van der Waals surface area contributed by atoms with E-state index >= 15 is 0 Å². The molecule has 0 aliphatic heterocycles. The minimum atomic E-state index is -0.0146. The highest BCUT2D eigenvalue weighted by molar-refractivity contribution is 5.43. The third-order valence-electron chi connectivity index (χ3n) is 3.05.